The molecule has 1 aliphatic heterocycles. The maximum absolute atomic E-state index is 5.77. The van der Waals surface area contributed by atoms with E-state index < -0.39 is 0 Å². The molecule has 4 nitrogen and oxygen atoms in total. The lowest BCUT2D eigenvalue weighted by Gasteiger charge is -2.03. The molecule has 2 aliphatic carbocycles. The fourth-order valence-electron chi connectivity index (χ4n) is 2.60. The van der Waals surface area contributed by atoms with Crippen LogP contribution >= 0.6 is 0 Å². The van der Waals surface area contributed by atoms with Crippen molar-refractivity contribution in [3.63, 3.8) is 0 Å². The van der Waals surface area contributed by atoms with E-state index in [2.05, 4.69) is 15.5 Å². The van der Waals surface area contributed by atoms with E-state index in [0.717, 1.165) is 30.8 Å². The zero-order valence-electron chi connectivity index (χ0n) is 7.99. The van der Waals surface area contributed by atoms with Gasteiger partial charge < -0.3 is 9.73 Å². The molecule has 0 aromatic carbocycles. The number of aromatic nitrogens is 2. The van der Waals surface area contributed by atoms with Gasteiger partial charge in [-0.05, 0) is 31.7 Å². The van der Waals surface area contributed by atoms with Gasteiger partial charge in [0, 0.05) is 12.5 Å². The van der Waals surface area contributed by atoms with Crippen LogP contribution in [0.2, 0.25) is 0 Å². The topological polar surface area (TPSA) is 51.0 Å². The first-order chi connectivity index (χ1) is 6.88. The molecular weight excluding hydrogens is 178 g/mol. The van der Waals surface area contributed by atoms with E-state index in [1.807, 2.05) is 0 Å². The van der Waals surface area contributed by atoms with Gasteiger partial charge in [0.25, 0.3) is 0 Å². The van der Waals surface area contributed by atoms with Crippen LogP contribution in [0, 0.1) is 5.92 Å². The molecule has 4 rings (SSSR count). The van der Waals surface area contributed by atoms with Crippen molar-refractivity contribution in [2.75, 3.05) is 13.1 Å². The summed E-state index contributed by atoms with van der Waals surface area (Å²) in [6.07, 6.45) is 3.71. The van der Waals surface area contributed by atoms with Crippen LogP contribution in [0.3, 0.4) is 0 Å². The molecule has 0 bridgehead atoms. The predicted octanol–water partition coefficient (Wildman–Crippen LogP) is 0.808. The van der Waals surface area contributed by atoms with Crippen molar-refractivity contribution in [1.82, 2.24) is 15.5 Å². The summed E-state index contributed by atoms with van der Waals surface area (Å²) in [4.78, 5) is 0. The second-order valence-electron chi connectivity index (χ2n) is 4.91. The summed E-state index contributed by atoms with van der Waals surface area (Å²) < 4.78 is 5.77. The normalized spacial score (nSPS) is 39.9. The molecule has 3 aliphatic rings. The number of nitrogens with zero attached hydrogens (tertiary/aromatic N) is 2. The summed E-state index contributed by atoms with van der Waals surface area (Å²) in [6.45, 7) is 2.16. The summed E-state index contributed by atoms with van der Waals surface area (Å²) in [7, 11) is 0. The van der Waals surface area contributed by atoms with Crippen molar-refractivity contribution >= 4 is 0 Å². The van der Waals surface area contributed by atoms with E-state index >= 15 is 0 Å². The molecule has 2 saturated carbocycles. The maximum Gasteiger partial charge on any atom is 0.224 e. The van der Waals surface area contributed by atoms with Gasteiger partial charge in [0.05, 0.1) is 5.41 Å². The molecule has 0 radical (unpaired) electrons. The van der Waals surface area contributed by atoms with Crippen LogP contribution in [0.4, 0.5) is 0 Å². The molecule has 14 heavy (non-hydrogen) atoms. The highest BCUT2D eigenvalue weighted by Crippen LogP contribution is 2.56. The highest BCUT2D eigenvalue weighted by molar-refractivity contribution is 5.25. The van der Waals surface area contributed by atoms with Crippen molar-refractivity contribution in [3.8, 4) is 0 Å². The summed E-state index contributed by atoms with van der Waals surface area (Å²) in [6, 6.07) is 0. The molecule has 2 atom stereocenters. The average molecular weight is 191 g/mol. The Morgan fingerprint density at radius 1 is 1.36 bits per heavy atom. The molecule has 74 valence electrons. The standard InChI is InChI=1S/C10H13N3O/c1-2-6(1)8-12-13-9(14-8)10-3-7(10)4-11-5-10/h6-7,11H,1-5H2. The minimum atomic E-state index is 0.236. The fraction of sp³-hybridized carbons (Fsp3) is 0.800. The number of fused-ring (bicyclic) bond motifs is 1. The molecule has 3 fully saturated rings. The summed E-state index contributed by atoms with van der Waals surface area (Å²) in [5.41, 5.74) is 0.236. The van der Waals surface area contributed by atoms with Crippen LogP contribution in [-0.4, -0.2) is 23.3 Å². The van der Waals surface area contributed by atoms with E-state index in [0.29, 0.717) is 5.92 Å². The first-order valence-electron chi connectivity index (χ1n) is 5.43. The molecule has 4 heteroatoms. The number of hydrogen-bond donors (Lipinski definition) is 1. The molecule has 0 spiro atoms. The molecule has 1 N–H and O–H groups in total. The largest absolute Gasteiger partial charge is 0.424 e. The Balaban J connectivity index is 1.69. The second-order valence-corrected chi connectivity index (χ2v) is 4.91. The van der Waals surface area contributed by atoms with Crippen LogP contribution in [0.15, 0.2) is 4.42 Å². The minimum absolute atomic E-state index is 0.236. The van der Waals surface area contributed by atoms with Crippen LogP contribution in [0.1, 0.15) is 37.0 Å². The average Bonchev–Trinajstić information content (AvgIpc) is 3.09. The Hall–Kier alpha value is -0.900. The van der Waals surface area contributed by atoms with Crippen LogP contribution in [0.25, 0.3) is 0 Å². The monoisotopic (exact) mass is 191 g/mol. The Morgan fingerprint density at radius 2 is 2.29 bits per heavy atom. The zero-order chi connectivity index (χ0) is 9.17. The van der Waals surface area contributed by atoms with Crippen LogP contribution in [-0.2, 0) is 5.41 Å². The lowest BCUT2D eigenvalue weighted by atomic mass is 10.1. The lowest BCUT2D eigenvalue weighted by Crippen LogP contribution is -2.19. The van der Waals surface area contributed by atoms with Gasteiger partial charge in [-0.3, -0.25) is 0 Å². The SMILES string of the molecule is C1CC1c1nnc(C23CNCC2C3)o1. The maximum atomic E-state index is 5.77. The summed E-state index contributed by atoms with van der Waals surface area (Å²) in [5.74, 6) is 3.12. The fourth-order valence-corrected chi connectivity index (χ4v) is 2.60. The third-order valence-electron chi connectivity index (χ3n) is 3.86. The zero-order valence-corrected chi connectivity index (χ0v) is 7.99. The number of piperidine rings is 1. The Morgan fingerprint density at radius 3 is 2.93 bits per heavy atom. The van der Waals surface area contributed by atoms with E-state index in [-0.39, 0.29) is 5.41 Å². The third kappa shape index (κ3) is 0.823. The van der Waals surface area contributed by atoms with Gasteiger partial charge in [-0.25, -0.2) is 0 Å². The minimum Gasteiger partial charge on any atom is -0.424 e. The van der Waals surface area contributed by atoms with E-state index in [1.54, 1.807) is 0 Å². The molecular formula is C10H13N3O. The van der Waals surface area contributed by atoms with Crippen LogP contribution in [0.5, 0.6) is 0 Å². The molecule has 1 aromatic rings. The van der Waals surface area contributed by atoms with E-state index in [4.69, 9.17) is 4.42 Å². The van der Waals surface area contributed by atoms with Gasteiger partial charge in [0.15, 0.2) is 0 Å². The Bertz CT molecular complexity index is 384. The van der Waals surface area contributed by atoms with Gasteiger partial charge in [-0.2, -0.15) is 0 Å². The summed E-state index contributed by atoms with van der Waals surface area (Å²) in [5, 5.41) is 11.8. The van der Waals surface area contributed by atoms with Crippen LogP contribution < -0.4 is 5.32 Å². The Kier molecular flexibility index (Phi) is 1.16. The van der Waals surface area contributed by atoms with Gasteiger partial charge in [0.2, 0.25) is 11.8 Å². The lowest BCUT2D eigenvalue weighted by molar-refractivity contribution is 0.406. The third-order valence-corrected chi connectivity index (χ3v) is 3.86. The number of rotatable bonds is 2. The van der Waals surface area contributed by atoms with Gasteiger partial charge >= 0.3 is 0 Å². The van der Waals surface area contributed by atoms with Gasteiger partial charge in [-0.1, -0.05) is 0 Å². The van der Waals surface area contributed by atoms with Crippen molar-refractivity contribution in [2.45, 2.75) is 30.6 Å². The molecule has 2 heterocycles. The first-order valence-corrected chi connectivity index (χ1v) is 5.43. The molecule has 1 saturated heterocycles. The Labute approximate surface area is 82.1 Å². The van der Waals surface area contributed by atoms with Crippen molar-refractivity contribution in [2.24, 2.45) is 5.92 Å². The van der Waals surface area contributed by atoms with Gasteiger partial charge in [0.1, 0.15) is 0 Å². The molecule has 0 amide bonds. The summed E-state index contributed by atoms with van der Waals surface area (Å²) >= 11 is 0. The highest BCUT2D eigenvalue weighted by Gasteiger charge is 2.62. The van der Waals surface area contributed by atoms with Crippen molar-refractivity contribution in [3.05, 3.63) is 11.8 Å². The predicted molar refractivity (Wildman–Crippen MR) is 48.9 cm³/mol. The first kappa shape index (κ1) is 7.40. The molecule has 1 aromatic heterocycles. The quantitative estimate of drug-likeness (QED) is 0.751. The molecule has 2 unspecified atom stereocenters. The second kappa shape index (κ2) is 2.19. The van der Waals surface area contributed by atoms with Gasteiger partial charge in [-0.15, -0.1) is 10.2 Å². The van der Waals surface area contributed by atoms with E-state index in [1.165, 1.54) is 19.3 Å². The number of nitrogens with one attached hydrogen (secondary N) is 1. The number of hydrogen-bond acceptors (Lipinski definition) is 4. The van der Waals surface area contributed by atoms with E-state index in [9.17, 15) is 0 Å². The van der Waals surface area contributed by atoms with Crippen molar-refractivity contribution < 1.29 is 4.42 Å². The van der Waals surface area contributed by atoms with Crippen molar-refractivity contribution in [1.29, 1.82) is 0 Å². The smallest absolute Gasteiger partial charge is 0.224 e. The highest BCUT2D eigenvalue weighted by atomic mass is 16.4.